The summed E-state index contributed by atoms with van der Waals surface area (Å²) in [6.07, 6.45) is 9.60. The number of nitrogens with one attached hydrogen (secondary N) is 2. The second-order valence-electron chi connectivity index (χ2n) is 8.24. The van der Waals surface area contributed by atoms with Gasteiger partial charge in [0.15, 0.2) is 0 Å². The van der Waals surface area contributed by atoms with Crippen molar-refractivity contribution in [3.05, 3.63) is 0 Å². The van der Waals surface area contributed by atoms with Gasteiger partial charge in [0, 0.05) is 40.3 Å². The van der Waals surface area contributed by atoms with E-state index in [9.17, 15) is 9.59 Å². The predicted octanol–water partition coefficient (Wildman–Crippen LogP) is 2.05. The van der Waals surface area contributed by atoms with E-state index in [0.29, 0.717) is 18.6 Å². The van der Waals surface area contributed by atoms with E-state index in [1.54, 1.807) is 38.0 Å². The van der Waals surface area contributed by atoms with Crippen LogP contribution < -0.4 is 10.6 Å². The quantitative estimate of drug-likeness (QED) is 0.796. The van der Waals surface area contributed by atoms with Crippen LogP contribution in [0.2, 0.25) is 0 Å². The Labute approximate surface area is 152 Å². The van der Waals surface area contributed by atoms with Crippen molar-refractivity contribution < 1.29 is 9.59 Å². The summed E-state index contributed by atoms with van der Waals surface area (Å²) in [5, 5.41) is 6.55. The molecule has 0 aromatic heterocycles. The fourth-order valence-corrected chi connectivity index (χ4v) is 4.22. The zero-order chi connectivity index (χ0) is 18.4. The summed E-state index contributed by atoms with van der Waals surface area (Å²) < 4.78 is 0. The number of rotatable bonds is 5. The number of carbonyl (C=O) groups is 2. The Morgan fingerprint density at radius 1 is 0.760 bits per heavy atom. The summed E-state index contributed by atoms with van der Waals surface area (Å²) >= 11 is 0. The molecule has 0 heterocycles. The summed E-state index contributed by atoms with van der Waals surface area (Å²) in [6.45, 7) is 0.457. The van der Waals surface area contributed by atoms with Crippen molar-refractivity contribution in [2.75, 3.05) is 34.7 Å². The fourth-order valence-electron chi connectivity index (χ4n) is 4.22. The van der Waals surface area contributed by atoms with Crippen LogP contribution in [0.4, 0.5) is 4.79 Å². The van der Waals surface area contributed by atoms with Gasteiger partial charge < -0.3 is 20.4 Å². The number of hydrogen-bond donors (Lipinski definition) is 2. The zero-order valence-corrected chi connectivity index (χ0v) is 16.4. The highest BCUT2D eigenvalue weighted by Crippen LogP contribution is 2.38. The van der Waals surface area contributed by atoms with Gasteiger partial charge in [-0.15, -0.1) is 0 Å². The number of hydrogen-bond acceptors (Lipinski definition) is 3. The molecule has 0 saturated heterocycles. The van der Waals surface area contributed by atoms with Crippen molar-refractivity contribution in [1.82, 2.24) is 20.4 Å². The van der Waals surface area contributed by atoms with E-state index in [4.69, 9.17) is 0 Å². The van der Waals surface area contributed by atoms with Crippen LogP contribution in [0.3, 0.4) is 0 Å². The highest BCUT2D eigenvalue weighted by atomic mass is 16.2. The monoisotopic (exact) mass is 352 g/mol. The highest BCUT2D eigenvalue weighted by molar-refractivity contribution is 5.77. The van der Waals surface area contributed by atoms with Crippen molar-refractivity contribution in [2.45, 2.75) is 63.5 Å². The van der Waals surface area contributed by atoms with Crippen LogP contribution in [-0.2, 0) is 4.79 Å². The average molecular weight is 353 g/mol. The molecule has 0 aromatic rings. The van der Waals surface area contributed by atoms with Crippen molar-refractivity contribution in [3.63, 3.8) is 0 Å². The van der Waals surface area contributed by atoms with Gasteiger partial charge >= 0.3 is 6.03 Å². The minimum Gasteiger partial charge on any atom is -0.348 e. The summed E-state index contributed by atoms with van der Waals surface area (Å²) in [5.41, 5.74) is 0. The molecule has 144 valence electrons. The van der Waals surface area contributed by atoms with E-state index in [2.05, 4.69) is 10.6 Å². The minimum absolute atomic E-state index is 0.0299. The van der Waals surface area contributed by atoms with Crippen molar-refractivity contribution >= 4 is 11.9 Å². The molecule has 0 aliphatic heterocycles. The van der Waals surface area contributed by atoms with E-state index in [1.165, 1.54) is 38.5 Å². The molecule has 2 aliphatic rings. The van der Waals surface area contributed by atoms with Crippen LogP contribution in [0.1, 0.15) is 51.4 Å². The van der Waals surface area contributed by atoms with Gasteiger partial charge in [0.2, 0.25) is 5.91 Å². The van der Waals surface area contributed by atoms with Crippen molar-refractivity contribution in [2.24, 2.45) is 11.8 Å². The summed E-state index contributed by atoms with van der Waals surface area (Å²) in [4.78, 5) is 26.7. The molecule has 2 N–H and O–H groups in total. The lowest BCUT2D eigenvalue weighted by Crippen LogP contribution is -2.44. The van der Waals surface area contributed by atoms with Crippen LogP contribution in [-0.4, -0.2) is 68.6 Å². The standard InChI is InChI=1S/C19H36N4O2/c1-22(2)18(24)13-20-16-9-5-14(6-10-16)15-7-11-17(12-8-15)21-19(25)23(3)4/h14-17,20H,5-13H2,1-4H3,(H,21,25). The smallest absolute Gasteiger partial charge is 0.317 e. The minimum atomic E-state index is 0.0299. The Morgan fingerprint density at radius 2 is 1.24 bits per heavy atom. The summed E-state index contributed by atoms with van der Waals surface area (Å²) in [5.74, 6) is 1.80. The molecule has 2 rings (SSSR count). The van der Waals surface area contributed by atoms with Gasteiger partial charge in [-0.3, -0.25) is 4.79 Å². The second-order valence-corrected chi connectivity index (χ2v) is 8.24. The molecule has 0 spiro atoms. The van der Waals surface area contributed by atoms with Gasteiger partial charge in [-0.25, -0.2) is 4.79 Å². The number of likely N-dealkylation sites (N-methyl/N-ethyl adjacent to an activating group) is 1. The molecule has 0 atom stereocenters. The molecule has 0 unspecified atom stereocenters. The van der Waals surface area contributed by atoms with Gasteiger partial charge in [-0.1, -0.05) is 0 Å². The molecule has 0 radical (unpaired) electrons. The first-order valence-electron chi connectivity index (χ1n) is 9.78. The maximum atomic E-state index is 11.8. The normalized spacial score (nSPS) is 29.8. The zero-order valence-electron chi connectivity index (χ0n) is 16.4. The second kappa shape index (κ2) is 9.41. The fraction of sp³-hybridized carbons (Fsp3) is 0.895. The van der Waals surface area contributed by atoms with Crippen LogP contribution in [0.25, 0.3) is 0 Å². The lowest BCUT2D eigenvalue weighted by Gasteiger charge is -2.38. The third-order valence-corrected chi connectivity index (χ3v) is 5.98. The third-order valence-electron chi connectivity index (χ3n) is 5.98. The molecule has 2 fully saturated rings. The van der Waals surface area contributed by atoms with Gasteiger partial charge in [0.05, 0.1) is 6.54 Å². The van der Waals surface area contributed by atoms with Gasteiger partial charge in [-0.05, 0) is 63.2 Å². The van der Waals surface area contributed by atoms with E-state index in [0.717, 1.165) is 24.7 Å². The summed E-state index contributed by atoms with van der Waals surface area (Å²) in [6, 6.07) is 0.874. The lowest BCUT2D eigenvalue weighted by atomic mass is 9.71. The predicted molar refractivity (Wildman–Crippen MR) is 100 cm³/mol. The first-order valence-corrected chi connectivity index (χ1v) is 9.78. The van der Waals surface area contributed by atoms with E-state index < -0.39 is 0 Å². The van der Waals surface area contributed by atoms with Gasteiger partial charge in [0.25, 0.3) is 0 Å². The largest absolute Gasteiger partial charge is 0.348 e. The molecular weight excluding hydrogens is 316 g/mol. The molecule has 25 heavy (non-hydrogen) atoms. The van der Waals surface area contributed by atoms with E-state index in [-0.39, 0.29) is 11.9 Å². The van der Waals surface area contributed by atoms with Crippen LogP contribution in [0.15, 0.2) is 0 Å². The van der Waals surface area contributed by atoms with E-state index >= 15 is 0 Å². The Hall–Kier alpha value is -1.30. The SMILES string of the molecule is CN(C)C(=O)CNC1CCC(C2CCC(NC(=O)N(C)C)CC2)CC1. The Bertz CT molecular complexity index is 437. The molecule has 6 nitrogen and oxygen atoms in total. The molecular formula is C19H36N4O2. The maximum absolute atomic E-state index is 11.8. The Kier molecular flexibility index (Phi) is 7.54. The Balaban J connectivity index is 1.65. The topological polar surface area (TPSA) is 64.7 Å². The molecule has 0 bridgehead atoms. The van der Waals surface area contributed by atoms with Crippen molar-refractivity contribution in [1.29, 1.82) is 0 Å². The first-order chi connectivity index (χ1) is 11.9. The van der Waals surface area contributed by atoms with E-state index in [1.807, 2.05) is 0 Å². The Morgan fingerprint density at radius 3 is 1.68 bits per heavy atom. The van der Waals surface area contributed by atoms with Gasteiger partial charge in [-0.2, -0.15) is 0 Å². The molecule has 0 aromatic carbocycles. The van der Waals surface area contributed by atoms with Crippen LogP contribution >= 0.6 is 0 Å². The molecule has 2 aliphatic carbocycles. The van der Waals surface area contributed by atoms with Crippen LogP contribution in [0.5, 0.6) is 0 Å². The average Bonchev–Trinajstić information content (AvgIpc) is 2.60. The van der Waals surface area contributed by atoms with Crippen LogP contribution in [0, 0.1) is 11.8 Å². The number of urea groups is 1. The first kappa shape index (κ1) is 20.0. The highest BCUT2D eigenvalue weighted by Gasteiger charge is 2.31. The third kappa shape index (κ3) is 6.17. The summed E-state index contributed by atoms with van der Waals surface area (Å²) in [7, 11) is 7.19. The van der Waals surface area contributed by atoms with Crippen molar-refractivity contribution in [3.8, 4) is 0 Å². The molecule has 6 heteroatoms. The lowest BCUT2D eigenvalue weighted by molar-refractivity contribution is -0.127. The molecule has 3 amide bonds. The maximum Gasteiger partial charge on any atom is 0.317 e. The molecule has 2 saturated carbocycles. The van der Waals surface area contributed by atoms with Gasteiger partial charge in [0.1, 0.15) is 0 Å². The number of carbonyl (C=O) groups excluding carboxylic acids is 2. The number of amides is 3. The number of nitrogens with zero attached hydrogens (tertiary/aromatic N) is 2.